The SMILES string of the molecule is COc1c(C(=O)NCC2CCCN2Cc2ccccc2)cc(Cl)c2ccccc12. The first-order valence-corrected chi connectivity index (χ1v) is 10.4. The lowest BCUT2D eigenvalue weighted by molar-refractivity contribution is 0.0937. The molecule has 1 aliphatic rings. The largest absolute Gasteiger partial charge is 0.495 e. The molecule has 1 fully saturated rings. The van der Waals surface area contributed by atoms with Gasteiger partial charge in [-0.25, -0.2) is 0 Å². The predicted molar refractivity (Wildman–Crippen MR) is 118 cm³/mol. The van der Waals surface area contributed by atoms with E-state index in [-0.39, 0.29) is 5.91 Å². The molecule has 0 bridgehead atoms. The zero-order chi connectivity index (χ0) is 20.2. The number of hydrogen-bond donors (Lipinski definition) is 1. The van der Waals surface area contributed by atoms with Crippen molar-refractivity contribution < 1.29 is 9.53 Å². The molecule has 1 saturated heterocycles. The van der Waals surface area contributed by atoms with Crippen LogP contribution >= 0.6 is 11.6 Å². The summed E-state index contributed by atoms with van der Waals surface area (Å²) in [6.45, 7) is 2.58. The second-order valence-corrected chi connectivity index (χ2v) is 7.85. The maximum atomic E-state index is 13.0. The molecule has 0 aromatic heterocycles. The lowest BCUT2D eigenvalue weighted by Crippen LogP contribution is -2.39. The fourth-order valence-electron chi connectivity index (χ4n) is 4.15. The summed E-state index contributed by atoms with van der Waals surface area (Å²) in [6, 6.07) is 20.2. The summed E-state index contributed by atoms with van der Waals surface area (Å²) in [6.07, 6.45) is 2.24. The number of carbonyl (C=O) groups is 1. The number of nitrogens with one attached hydrogen (secondary N) is 1. The number of methoxy groups -OCH3 is 1. The van der Waals surface area contributed by atoms with Gasteiger partial charge in [0.1, 0.15) is 5.75 Å². The minimum Gasteiger partial charge on any atom is -0.495 e. The molecule has 4 rings (SSSR count). The van der Waals surface area contributed by atoms with Crippen LogP contribution in [-0.4, -0.2) is 37.0 Å². The molecule has 4 nitrogen and oxygen atoms in total. The van der Waals surface area contributed by atoms with Gasteiger partial charge < -0.3 is 10.1 Å². The van der Waals surface area contributed by atoms with E-state index < -0.39 is 0 Å². The standard InChI is InChI=1S/C24H25ClN2O2/c1-29-23-20-12-6-5-11-19(20)22(25)14-21(23)24(28)26-15-18-10-7-13-27(18)16-17-8-3-2-4-9-17/h2-6,8-9,11-12,14,18H,7,10,13,15-16H2,1H3,(H,26,28). The third-order valence-electron chi connectivity index (χ3n) is 5.62. The van der Waals surface area contributed by atoms with Crippen LogP contribution in [0.2, 0.25) is 5.02 Å². The quantitative estimate of drug-likeness (QED) is 0.631. The summed E-state index contributed by atoms with van der Waals surface area (Å²) < 4.78 is 5.58. The smallest absolute Gasteiger partial charge is 0.255 e. The van der Waals surface area contributed by atoms with Gasteiger partial charge in [-0.05, 0) is 31.0 Å². The van der Waals surface area contributed by atoms with Crippen LogP contribution in [0.25, 0.3) is 10.8 Å². The Morgan fingerprint density at radius 3 is 2.62 bits per heavy atom. The van der Waals surface area contributed by atoms with Gasteiger partial charge in [0.15, 0.2) is 0 Å². The normalized spacial score (nSPS) is 16.8. The van der Waals surface area contributed by atoms with Crippen LogP contribution < -0.4 is 10.1 Å². The molecule has 29 heavy (non-hydrogen) atoms. The fourth-order valence-corrected chi connectivity index (χ4v) is 4.43. The second-order valence-electron chi connectivity index (χ2n) is 7.45. The monoisotopic (exact) mass is 408 g/mol. The summed E-state index contributed by atoms with van der Waals surface area (Å²) in [5, 5.41) is 5.39. The van der Waals surface area contributed by atoms with Crippen molar-refractivity contribution in [3.63, 3.8) is 0 Å². The maximum Gasteiger partial charge on any atom is 0.255 e. The van der Waals surface area contributed by atoms with Crippen molar-refractivity contribution >= 4 is 28.3 Å². The first-order valence-electron chi connectivity index (χ1n) is 9.99. The second kappa shape index (κ2) is 8.85. The molecular weight excluding hydrogens is 384 g/mol. The van der Waals surface area contributed by atoms with Crippen LogP contribution in [0.1, 0.15) is 28.8 Å². The molecule has 1 unspecified atom stereocenters. The summed E-state index contributed by atoms with van der Waals surface area (Å²) >= 11 is 6.43. The Balaban J connectivity index is 1.48. The first kappa shape index (κ1) is 19.7. The predicted octanol–water partition coefficient (Wildman–Crippen LogP) is 4.90. The number of nitrogens with zero attached hydrogens (tertiary/aromatic N) is 1. The molecule has 150 valence electrons. The van der Waals surface area contributed by atoms with Crippen molar-refractivity contribution in [3.8, 4) is 5.75 Å². The number of hydrogen-bond acceptors (Lipinski definition) is 3. The number of likely N-dealkylation sites (tertiary alicyclic amines) is 1. The maximum absolute atomic E-state index is 13.0. The van der Waals surface area contributed by atoms with E-state index in [1.54, 1.807) is 13.2 Å². The number of benzene rings is 3. The number of rotatable bonds is 6. The van der Waals surface area contributed by atoms with Crippen molar-refractivity contribution in [2.24, 2.45) is 0 Å². The Morgan fingerprint density at radius 1 is 1.14 bits per heavy atom. The van der Waals surface area contributed by atoms with Gasteiger partial charge in [-0.3, -0.25) is 9.69 Å². The Labute approximate surface area is 176 Å². The summed E-state index contributed by atoms with van der Waals surface area (Å²) in [5.74, 6) is 0.413. The van der Waals surface area contributed by atoms with E-state index in [9.17, 15) is 4.79 Å². The third kappa shape index (κ3) is 4.24. The van der Waals surface area contributed by atoms with Gasteiger partial charge >= 0.3 is 0 Å². The number of amides is 1. The average Bonchev–Trinajstić information content (AvgIpc) is 3.19. The molecule has 1 heterocycles. The molecule has 1 amide bonds. The molecule has 5 heteroatoms. The van der Waals surface area contributed by atoms with Gasteiger partial charge in [-0.1, -0.05) is 66.2 Å². The lowest BCUT2D eigenvalue weighted by Gasteiger charge is -2.25. The molecule has 1 atom stereocenters. The van der Waals surface area contributed by atoms with E-state index in [0.717, 1.165) is 36.7 Å². The van der Waals surface area contributed by atoms with Crippen LogP contribution in [0, 0.1) is 0 Å². The van der Waals surface area contributed by atoms with E-state index in [1.807, 2.05) is 30.3 Å². The molecule has 1 aliphatic heterocycles. The molecule has 0 saturated carbocycles. The van der Waals surface area contributed by atoms with Gasteiger partial charge in [0.25, 0.3) is 5.91 Å². The molecule has 3 aromatic carbocycles. The van der Waals surface area contributed by atoms with Crippen molar-refractivity contribution in [1.29, 1.82) is 0 Å². The Bertz CT molecular complexity index is 1010. The van der Waals surface area contributed by atoms with Crippen LogP contribution in [-0.2, 0) is 6.54 Å². The summed E-state index contributed by atoms with van der Waals surface area (Å²) in [5.41, 5.74) is 1.78. The van der Waals surface area contributed by atoms with E-state index in [4.69, 9.17) is 16.3 Å². The molecule has 0 spiro atoms. The highest BCUT2D eigenvalue weighted by Crippen LogP contribution is 2.35. The van der Waals surface area contributed by atoms with Crippen molar-refractivity contribution in [3.05, 3.63) is 76.8 Å². The van der Waals surface area contributed by atoms with E-state index in [1.165, 1.54) is 5.56 Å². The molecule has 0 radical (unpaired) electrons. The van der Waals surface area contributed by atoms with Crippen LogP contribution in [0.15, 0.2) is 60.7 Å². The third-order valence-corrected chi connectivity index (χ3v) is 5.93. The van der Waals surface area contributed by atoms with E-state index >= 15 is 0 Å². The minimum absolute atomic E-state index is 0.152. The van der Waals surface area contributed by atoms with E-state index in [0.29, 0.717) is 28.9 Å². The number of halogens is 1. The average molecular weight is 409 g/mol. The summed E-state index contributed by atoms with van der Waals surface area (Å²) in [7, 11) is 1.59. The van der Waals surface area contributed by atoms with Crippen molar-refractivity contribution in [1.82, 2.24) is 10.2 Å². The first-order chi connectivity index (χ1) is 14.2. The Kier molecular flexibility index (Phi) is 6.02. The van der Waals surface area contributed by atoms with Crippen molar-refractivity contribution in [2.45, 2.75) is 25.4 Å². The highest BCUT2D eigenvalue weighted by Gasteiger charge is 2.26. The molecular formula is C24H25ClN2O2. The number of fused-ring (bicyclic) bond motifs is 1. The van der Waals surface area contributed by atoms with Gasteiger partial charge in [0.05, 0.1) is 12.7 Å². The van der Waals surface area contributed by atoms with Crippen LogP contribution in [0.3, 0.4) is 0 Å². The van der Waals surface area contributed by atoms with Crippen LogP contribution in [0.5, 0.6) is 5.75 Å². The highest BCUT2D eigenvalue weighted by atomic mass is 35.5. The van der Waals surface area contributed by atoms with Gasteiger partial charge in [-0.2, -0.15) is 0 Å². The van der Waals surface area contributed by atoms with Gasteiger partial charge in [0, 0.05) is 34.9 Å². The Morgan fingerprint density at radius 2 is 1.86 bits per heavy atom. The van der Waals surface area contributed by atoms with E-state index in [2.05, 4.69) is 34.5 Å². The highest BCUT2D eigenvalue weighted by molar-refractivity contribution is 6.36. The summed E-state index contributed by atoms with van der Waals surface area (Å²) in [4.78, 5) is 15.4. The molecule has 1 N–H and O–H groups in total. The molecule has 0 aliphatic carbocycles. The van der Waals surface area contributed by atoms with Crippen LogP contribution in [0.4, 0.5) is 0 Å². The number of carbonyl (C=O) groups excluding carboxylic acids is 1. The van der Waals surface area contributed by atoms with Gasteiger partial charge in [0.2, 0.25) is 0 Å². The van der Waals surface area contributed by atoms with Crippen molar-refractivity contribution in [2.75, 3.05) is 20.2 Å². The zero-order valence-corrected chi connectivity index (χ0v) is 17.3. The topological polar surface area (TPSA) is 41.6 Å². The Hall–Kier alpha value is -2.56. The van der Waals surface area contributed by atoms with Gasteiger partial charge in [-0.15, -0.1) is 0 Å². The zero-order valence-electron chi connectivity index (χ0n) is 16.5. The molecule has 3 aromatic rings. The fraction of sp³-hybridized carbons (Fsp3) is 0.292. The lowest BCUT2D eigenvalue weighted by atomic mass is 10.0. The minimum atomic E-state index is -0.152. The number of ether oxygens (including phenoxy) is 1.